The molecule has 0 aromatic heterocycles. The van der Waals surface area contributed by atoms with E-state index < -0.39 is 0 Å². The molecule has 2 rings (SSSR count). The van der Waals surface area contributed by atoms with Crippen molar-refractivity contribution in [1.29, 1.82) is 5.26 Å². The molecule has 1 saturated carbocycles. The predicted molar refractivity (Wildman–Crippen MR) is 73.1 cm³/mol. The fourth-order valence-corrected chi connectivity index (χ4v) is 4.09. The first-order valence-corrected chi connectivity index (χ1v) is 7.23. The smallest absolute Gasteiger partial charge is 0.302 e. The molecule has 0 amide bonds. The highest BCUT2D eigenvalue weighted by Gasteiger charge is 2.49. The van der Waals surface area contributed by atoms with Crippen molar-refractivity contribution in [3.05, 3.63) is 11.6 Å². The maximum absolute atomic E-state index is 11.2. The van der Waals surface area contributed by atoms with Gasteiger partial charge in [0.2, 0.25) is 0 Å². The Bertz CT molecular complexity index is 435. The number of rotatable bonds is 3. The number of carbonyl (C=O) groups excluding carboxylic acids is 1. The maximum atomic E-state index is 11.2. The van der Waals surface area contributed by atoms with Crippen molar-refractivity contribution in [3.8, 4) is 6.07 Å². The van der Waals surface area contributed by atoms with E-state index in [1.165, 1.54) is 12.5 Å². The van der Waals surface area contributed by atoms with Crippen molar-refractivity contribution in [2.75, 3.05) is 0 Å². The third kappa shape index (κ3) is 2.54. The average Bonchev–Trinajstić information content (AvgIpc) is 2.67. The molecule has 1 fully saturated rings. The Morgan fingerprint density at radius 3 is 3.05 bits per heavy atom. The molecule has 0 aromatic rings. The van der Waals surface area contributed by atoms with Crippen molar-refractivity contribution in [1.82, 2.24) is 0 Å². The molecule has 0 aromatic carbocycles. The van der Waals surface area contributed by atoms with Gasteiger partial charge < -0.3 is 4.74 Å². The Kier molecular flexibility index (Phi) is 3.99. The molecule has 104 valence electrons. The normalized spacial score (nSPS) is 34.9. The summed E-state index contributed by atoms with van der Waals surface area (Å²) in [5.74, 6) is 0.546. The van der Waals surface area contributed by atoms with Crippen LogP contribution in [0.4, 0.5) is 0 Å². The van der Waals surface area contributed by atoms with E-state index in [0.717, 1.165) is 25.7 Å². The van der Waals surface area contributed by atoms with E-state index >= 15 is 0 Å². The molecule has 4 atom stereocenters. The molecule has 0 bridgehead atoms. The first-order chi connectivity index (χ1) is 8.99. The van der Waals surface area contributed by atoms with E-state index in [-0.39, 0.29) is 17.5 Å². The van der Waals surface area contributed by atoms with Crippen molar-refractivity contribution < 1.29 is 9.53 Å². The van der Waals surface area contributed by atoms with Gasteiger partial charge in [0.1, 0.15) is 6.10 Å². The highest BCUT2D eigenvalue weighted by Crippen LogP contribution is 2.55. The summed E-state index contributed by atoms with van der Waals surface area (Å²) in [7, 11) is 0. The van der Waals surface area contributed by atoms with Crippen LogP contribution in [0.25, 0.3) is 0 Å². The minimum absolute atomic E-state index is 0.0549. The van der Waals surface area contributed by atoms with Crippen LogP contribution >= 0.6 is 0 Å². The van der Waals surface area contributed by atoms with Gasteiger partial charge in [-0.25, -0.2) is 0 Å². The topological polar surface area (TPSA) is 50.1 Å². The van der Waals surface area contributed by atoms with E-state index in [0.29, 0.717) is 18.3 Å². The lowest BCUT2D eigenvalue weighted by Gasteiger charge is -2.44. The lowest BCUT2D eigenvalue weighted by atomic mass is 9.63. The van der Waals surface area contributed by atoms with E-state index in [1.54, 1.807) is 0 Å². The first-order valence-electron chi connectivity index (χ1n) is 7.23. The predicted octanol–water partition coefficient (Wildman–Crippen LogP) is 3.60. The lowest BCUT2D eigenvalue weighted by molar-refractivity contribution is -0.153. The van der Waals surface area contributed by atoms with Gasteiger partial charge in [-0.05, 0) is 37.0 Å². The van der Waals surface area contributed by atoms with Gasteiger partial charge in [0.25, 0.3) is 0 Å². The highest BCUT2D eigenvalue weighted by molar-refractivity contribution is 5.66. The summed E-state index contributed by atoms with van der Waals surface area (Å²) < 4.78 is 5.52. The van der Waals surface area contributed by atoms with Crippen LogP contribution in [-0.2, 0) is 9.53 Å². The second kappa shape index (κ2) is 5.36. The van der Waals surface area contributed by atoms with Crippen molar-refractivity contribution >= 4 is 5.97 Å². The number of hydrogen-bond donors (Lipinski definition) is 0. The Hall–Kier alpha value is -1.30. The van der Waals surface area contributed by atoms with Gasteiger partial charge >= 0.3 is 5.97 Å². The minimum Gasteiger partial charge on any atom is -0.462 e. The molecule has 0 heterocycles. The lowest BCUT2D eigenvalue weighted by Crippen LogP contribution is -2.41. The van der Waals surface area contributed by atoms with Crippen LogP contribution in [-0.4, -0.2) is 12.1 Å². The average molecular weight is 261 g/mol. The van der Waals surface area contributed by atoms with Crippen molar-refractivity contribution in [3.63, 3.8) is 0 Å². The van der Waals surface area contributed by atoms with Crippen molar-refractivity contribution in [2.24, 2.45) is 17.3 Å². The summed E-state index contributed by atoms with van der Waals surface area (Å²) in [5.41, 5.74) is 1.53. The summed E-state index contributed by atoms with van der Waals surface area (Å²) >= 11 is 0. The van der Waals surface area contributed by atoms with Crippen LogP contribution in [0.2, 0.25) is 0 Å². The molecule has 0 aliphatic heterocycles. The molecule has 0 radical (unpaired) electrons. The molecule has 0 N–H and O–H groups in total. The van der Waals surface area contributed by atoms with Gasteiger partial charge in [0, 0.05) is 19.3 Å². The monoisotopic (exact) mass is 261 g/mol. The van der Waals surface area contributed by atoms with Crippen LogP contribution in [0, 0.1) is 28.6 Å². The number of fused-ring (bicyclic) bond motifs is 1. The highest BCUT2D eigenvalue weighted by atomic mass is 16.5. The summed E-state index contributed by atoms with van der Waals surface area (Å²) in [6, 6.07) is 2.27. The molecule has 19 heavy (non-hydrogen) atoms. The summed E-state index contributed by atoms with van der Waals surface area (Å²) in [6.45, 7) is 5.92. The number of hydrogen-bond acceptors (Lipinski definition) is 3. The van der Waals surface area contributed by atoms with E-state index in [9.17, 15) is 4.79 Å². The van der Waals surface area contributed by atoms with Crippen LogP contribution in [0.3, 0.4) is 0 Å². The fourth-order valence-electron chi connectivity index (χ4n) is 4.09. The molecule has 3 nitrogen and oxygen atoms in total. The Balaban J connectivity index is 2.17. The van der Waals surface area contributed by atoms with E-state index in [1.807, 2.05) is 0 Å². The van der Waals surface area contributed by atoms with Crippen LogP contribution < -0.4 is 0 Å². The second-order valence-corrected chi connectivity index (χ2v) is 6.22. The zero-order valence-electron chi connectivity index (χ0n) is 12.1. The molecule has 0 unspecified atom stereocenters. The molecule has 2 aliphatic rings. The molecule has 0 saturated heterocycles. The fraction of sp³-hybridized carbons (Fsp3) is 0.750. The number of ether oxygens (including phenoxy) is 1. The Morgan fingerprint density at radius 2 is 2.42 bits per heavy atom. The van der Waals surface area contributed by atoms with Crippen LogP contribution in [0.15, 0.2) is 11.6 Å². The van der Waals surface area contributed by atoms with Crippen molar-refractivity contribution in [2.45, 2.75) is 59.0 Å². The van der Waals surface area contributed by atoms with Crippen LogP contribution in [0.5, 0.6) is 0 Å². The summed E-state index contributed by atoms with van der Waals surface area (Å²) in [4.78, 5) is 11.2. The van der Waals surface area contributed by atoms with Gasteiger partial charge in [-0.3, -0.25) is 4.79 Å². The van der Waals surface area contributed by atoms with Gasteiger partial charge in [-0.2, -0.15) is 5.26 Å². The molecule has 3 heteroatoms. The minimum atomic E-state index is -0.173. The molecule has 0 spiro atoms. The summed E-state index contributed by atoms with van der Waals surface area (Å²) in [6.07, 6.45) is 7.14. The summed E-state index contributed by atoms with van der Waals surface area (Å²) in [5, 5.41) is 8.90. The van der Waals surface area contributed by atoms with Crippen LogP contribution in [0.1, 0.15) is 52.9 Å². The Morgan fingerprint density at radius 1 is 1.68 bits per heavy atom. The number of esters is 1. The number of carbonyl (C=O) groups is 1. The third-order valence-corrected chi connectivity index (χ3v) is 4.95. The SMILES string of the molecule is CC(=O)O[C@H]1CCC[C@]2(C)C([C@@H](C)CC#N)=CC[C@@H]12. The van der Waals surface area contributed by atoms with Gasteiger partial charge in [-0.15, -0.1) is 0 Å². The quantitative estimate of drug-likeness (QED) is 0.576. The largest absolute Gasteiger partial charge is 0.462 e. The zero-order valence-corrected chi connectivity index (χ0v) is 12.1. The zero-order chi connectivity index (χ0) is 14.0. The first kappa shape index (κ1) is 14.1. The second-order valence-electron chi connectivity index (χ2n) is 6.22. The van der Waals surface area contributed by atoms with E-state index in [2.05, 4.69) is 26.0 Å². The van der Waals surface area contributed by atoms with Gasteiger partial charge in [0.05, 0.1) is 6.07 Å². The number of nitriles is 1. The van der Waals surface area contributed by atoms with Gasteiger partial charge in [0.15, 0.2) is 0 Å². The third-order valence-electron chi connectivity index (χ3n) is 4.95. The number of nitrogens with zero attached hydrogens (tertiary/aromatic N) is 1. The van der Waals surface area contributed by atoms with Gasteiger partial charge in [-0.1, -0.05) is 25.5 Å². The van der Waals surface area contributed by atoms with E-state index in [4.69, 9.17) is 10.00 Å². The number of allylic oxidation sites excluding steroid dienone is 2. The maximum Gasteiger partial charge on any atom is 0.302 e. The Labute approximate surface area is 115 Å². The molecular formula is C16H23NO2. The molecular weight excluding hydrogens is 238 g/mol. The standard InChI is InChI=1S/C16H23NO2/c1-11(8-10-17)13-6-7-14-15(19-12(2)18)5-4-9-16(13,14)3/h6,11,14-15H,4-5,7-9H2,1-3H3/t11-,14-,15-,16+/m0/s1. The molecule has 2 aliphatic carbocycles.